The molecule has 0 atom stereocenters. The number of hydrogen-bond acceptors (Lipinski definition) is 3. The van der Waals surface area contributed by atoms with Crippen LogP contribution in [0.25, 0.3) is 0 Å². The number of carbonyl (C=O) groups is 1. The SMILES string of the molecule is CCNc1ccc(C(=O)Nc2cccc(CC)c2)cn1. The third-order valence-corrected chi connectivity index (χ3v) is 2.98. The molecule has 0 unspecified atom stereocenters. The second kappa shape index (κ2) is 6.70. The lowest BCUT2D eigenvalue weighted by molar-refractivity contribution is 0.102. The molecule has 0 aliphatic rings. The number of pyridine rings is 1. The van der Waals surface area contributed by atoms with Crippen LogP contribution in [0.2, 0.25) is 0 Å². The average molecular weight is 269 g/mol. The van der Waals surface area contributed by atoms with Crippen molar-refractivity contribution in [3.8, 4) is 0 Å². The van der Waals surface area contributed by atoms with Gasteiger partial charge < -0.3 is 10.6 Å². The number of hydrogen-bond donors (Lipinski definition) is 2. The Balaban J connectivity index is 2.07. The summed E-state index contributed by atoms with van der Waals surface area (Å²) in [5.74, 6) is 0.630. The number of nitrogens with one attached hydrogen (secondary N) is 2. The van der Waals surface area contributed by atoms with Crippen LogP contribution in [0.3, 0.4) is 0 Å². The Morgan fingerprint density at radius 1 is 1.20 bits per heavy atom. The van der Waals surface area contributed by atoms with Gasteiger partial charge in [-0.25, -0.2) is 4.98 Å². The Bertz CT molecular complexity index is 579. The zero-order valence-corrected chi connectivity index (χ0v) is 11.8. The maximum Gasteiger partial charge on any atom is 0.257 e. The zero-order valence-electron chi connectivity index (χ0n) is 11.8. The van der Waals surface area contributed by atoms with E-state index in [1.807, 2.05) is 31.2 Å². The van der Waals surface area contributed by atoms with Crippen LogP contribution in [0, 0.1) is 0 Å². The van der Waals surface area contributed by atoms with Crippen LogP contribution in [0.4, 0.5) is 11.5 Å². The Morgan fingerprint density at radius 2 is 2.05 bits per heavy atom. The second-order valence-corrected chi connectivity index (χ2v) is 4.47. The zero-order chi connectivity index (χ0) is 14.4. The number of carbonyl (C=O) groups excluding carboxylic acids is 1. The van der Waals surface area contributed by atoms with Crippen molar-refractivity contribution < 1.29 is 4.79 Å². The third kappa shape index (κ3) is 3.57. The van der Waals surface area contributed by atoms with Crippen LogP contribution in [-0.4, -0.2) is 17.4 Å². The summed E-state index contributed by atoms with van der Waals surface area (Å²) in [6.45, 7) is 4.90. The molecule has 1 heterocycles. The lowest BCUT2D eigenvalue weighted by Crippen LogP contribution is -2.12. The predicted octanol–water partition coefficient (Wildman–Crippen LogP) is 3.33. The van der Waals surface area contributed by atoms with Crippen molar-refractivity contribution in [3.63, 3.8) is 0 Å². The van der Waals surface area contributed by atoms with Crippen LogP contribution in [-0.2, 0) is 6.42 Å². The van der Waals surface area contributed by atoms with Gasteiger partial charge in [0.2, 0.25) is 0 Å². The van der Waals surface area contributed by atoms with Gasteiger partial charge in [-0.1, -0.05) is 19.1 Å². The Kier molecular flexibility index (Phi) is 4.71. The number of anilines is 2. The molecule has 1 amide bonds. The van der Waals surface area contributed by atoms with Crippen molar-refractivity contribution in [3.05, 3.63) is 53.7 Å². The topological polar surface area (TPSA) is 54.0 Å². The van der Waals surface area contributed by atoms with Gasteiger partial charge >= 0.3 is 0 Å². The van der Waals surface area contributed by atoms with E-state index in [4.69, 9.17) is 0 Å². The van der Waals surface area contributed by atoms with Crippen LogP contribution >= 0.6 is 0 Å². The molecule has 0 saturated heterocycles. The van der Waals surface area contributed by atoms with E-state index in [1.54, 1.807) is 18.3 Å². The highest BCUT2D eigenvalue weighted by atomic mass is 16.1. The molecule has 20 heavy (non-hydrogen) atoms. The highest BCUT2D eigenvalue weighted by Gasteiger charge is 2.06. The van der Waals surface area contributed by atoms with Crippen molar-refractivity contribution in [2.75, 3.05) is 17.2 Å². The number of nitrogens with zero attached hydrogens (tertiary/aromatic N) is 1. The minimum absolute atomic E-state index is 0.145. The molecule has 0 bridgehead atoms. The molecule has 2 aromatic rings. The van der Waals surface area contributed by atoms with Crippen molar-refractivity contribution in [1.29, 1.82) is 0 Å². The smallest absolute Gasteiger partial charge is 0.257 e. The van der Waals surface area contributed by atoms with Gasteiger partial charge in [0.25, 0.3) is 5.91 Å². The minimum atomic E-state index is -0.145. The van der Waals surface area contributed by atoms with Crippen molar-refractivity contribution >= 4 is 17.4 Å². The molecule has 1 aromatic heterocycles. The maximum atomic E-state index is 12.1. The summed E-state index contributed by atoms with van der Waals surface area (Å²) < 4.78 is 0. The highest BCUT2D eigenvalue weighted by molar-refractivity contribution is 6.04. The van der Waals surface area contributed by atoms with Gasteiger partial charge in [-0.2, -0.15) is 0 Å². The number of amides is 1. The van der Waals surface area contributed by atoms with Crippen LogP contribution in [0.5, 0.6) is 0 Å². The Hall–Kier alpha value is -2.36. The number of rotatable bonds is 5. The molecular weight excluding hydrogens is 250 g/mol. The van der Waals surface area contributed by atoms with Gasteiger partial charge in [0.15, 0.2) is 0 Å². The minimum Gasteiger partial charge on any atom is -0.370 e. The molecule has 0 spiro atoms. The van der Waals surface area contributed by atoms with Crippen molar-refractivity contribution in [2.24, 2.45) is 0 Å². The van der Waals surface area contributed by atoms with E-state index in [0.717, 1.165) is 24.5 Å². The van der Waals surface area contributed by atoms with Gasteiger partial charge in [-0.05, 0) is 43.2 Å². The van der Waals surface area contributed by atoms with E-state index in [9.17, 15) is 4.79 Å². The molecule has 0 fully saturated rings. The first-order valence-electron chi connectivity index (χ1n) is 6.83. The van der Waals surface area contributed by atoms with Gasteiger partial charge in [0.05, 0.1) is 5.56 Å². The monoisotopic (exact) mass is 269 g/mol. The molecule has 0 radical (unpaired) electrons. The van der Waals surface area contributed by atoms with Crippen LogP contribution in [0.15, 0.2) is 42.6 Å². The largest absolute Gasteiger partial charge is 0.370 e. The fourth-order valence-electron chi connectivity index (χ4n) is 1.89. The third-order valence-electron chi connectivity index (χ3n) is 2.98. The van der Waals surface area contributed by atoms with Crippen LogP contribution < -0.4 is 10.6 Å². The molecule has 1 aromatic carbocycles. The van der Waals surface area contributed by atoms with Crippen LogP contribution in [0.1, 0.15) is 29.8 Å². The summed E-state index contributed by atoms with van der Waals surface area (Å²) in [6.07, 6.45) is 2.53. The fourth-order valence-corrected chi connectivity index (χ4v) is 1.89. The summed E-state index contributed by atoms with van der Waals surface area (Å²) >= 11 is 0. The molecule has 4 nitrogen and oxygen atoms in total. The number of aromatic nitrogens is 1. The summed E-state index contributed by atoms with van der Waals surface area (Å²) in [5.41, 5.74) is 2.56. The molecular formula is C16H19N3O. The van der Waals surface area contributed by atoms with Gasteiger partial charge in [-0.3, -0.25) is 4.79 Å². The van der Waals surface area contributed by atoms with Crippen molar-refractivity contribution in [2.45, 2.75) is 20.3 Å². The lowest BCUT2D eigenvalue weighted by atomic mass is 10.1. The summed E-state index contributed by atoms with van der Waals surface area (Å²) in [7, 11) is 0. The molecule has 104 valence electrons. The standard InChI is InChI=1S/C16H19N3O/c1-3-12-6-5-7-14(10-12)19-16(20)13-8-9-15(17-4-2)18-11-13/h5-11H,3-4H2,1-2H3,(H,17,18)(H,19,20). The van der Waals surface area contributed by atoms with E-state index < -0.39 is 0 Å². The fraction of sp³-hybridized carbons (Fsp3) is 0.250. The Morgan fingerprint density at radius 3 is 2.70 bits per heavy atom. The molecule has 2 N–H and O–H groups in total. The van der Waals surface area contributed by atoms with E-state index in [0.29, 0.717) is 5.56 Å². The molecule has 0 aliphatic carbocycles. The average Bonchev–Trinajstić information content (AvgIpc) is 2.48. The number of aryl methyl sites for hydroxylation is 1. The number of benzene rings is 1. The molecule has 0 saturated carbocycles. The quantitative estimate of drug-likeness (QED) is 0.875. The van der Waals surface area contributed by atoms with Crippen molar-refractivity contribution in [1.82, 2.24) is 4.98 Å². The maximum absolute atomic E-state index is 12.1. The molecule has 4 heteroatoms. The second-order valence-electron chi connectivity index (χ2n) is 4.47. The Labute approximate surface area is 119 Å². The first kappa shape index (κ1) is 14.1. The first-order valence-corrected chi connectivity index (χ1v) is 6.83. The van der Waals surface area contributed by atoms with Gasteiger partial charge in [0.1, 0.15) is 5.82 Å². The highest BCUT2D eigenvalue weighted by Crippen LogP contribution is 2.13. The molecule has 2 rings (SSSR count). The normalized spacial score (nSPS) is 10.1. The summed E-state index contributed by atoms with van der Waals surface area (Å²) in [6, 6.07) is 11.4. The van der Waals surface area contributed by atoms with Gasteiger partial charge in [0, 0.05) is 18.4 Å². The van der Waals surface area contributed by atoms with E-state index in [1.165, 1.54) is 5.56 Å². The van der Waals surface area contributed by atoms with E-state index >= 15 is 0 Å². The lowest BCUT2D eigenvalue weighted by Gasteiger charge is -2.07. The molecule has 0 aliphatic heterocycles. The van der Waals surface area contributed by atoms with E-state index in [2.05, 4.69) is 22.5 Å². The summed E-state index contributed by atoms with van der Waals surface area (Å²) in [5, 5.41) is 5.98. The van der Waals surface area contributed by atoms with E-state index in [-0.39, 0.29) is 5.91 Å². The van der Waals surface area contributed by atoms with Gasteiger partial charge in [-0.15, -0.1) is 0 Å². The predicted molar refractivity (Wildman–Crippen MR) is 82.2 cm³/mol. The first-order chi connectivity index (χ1) is 9.72. The summed E-state index contributed by atoms with van der Waals surface area (Å²) in [4.78, 5) is 16.3.